The van der Waals surface area contributed by atoms with Gasteiger partial charge in [0.2, 0.25) is 0 Å². The fraction of sp³-hybridized carbons (Fsp3) is 0.524. The van der Waals surface area contributed by atoms with E-state index in [1.165, 1.54) is 34.2 Å². The highest BCUT2D eigenvalue weighted by atomic mass is 35.5. The van der Waals surface area contributed by atoms with Crippen LogP contribution in [-0.2, 0) is 17.6 Å². The molecule has 2 aliphatic rings. The number of amides is 2. The molecular formula is C21H25ClN4O3S2. The van der Waals surface area contributed by atoms with Gasteiger partial charge in [-0.15, -0.1) is 11.3 Å². The topological polar surface area (TPSA) is 93.2 Å². The lowest BCUT2D eigenvalue weighted by Gasteiger charge is -2.15. The molecule has 1 saturated heterocycles. The lowest BCUT2D eigenvalue weighted by atomic mass is 9.95. The molecule has 2 aromatic heterocycles. The van der Waals surface area contributed by atoms with E-state index in [0.717, 1.165) is 56.4 Å². The summed E-state index contributed by atoms with van der Waals surface area (Å²) >= 11 is 9.11. The number of hydrogen-bond acceptors (Lipinski definition) is 7. The van der Waals surface area contributed by atoms with Crippen LogP contribution in [0, 0.1) is 0 Å². The van der Waals surface area contributed by atoms with Crippen molar-refractivity contribution in [1.29, 1.82) is 0 Å². The number of carbonyl (C=O) groups is 2. The molecule has 10 heteroatoms. The SMILES string of the molecule is CCSc1ncc(Cl)c(C(=O)Nc2sc3c(c2C(=O)NC[C@@H]2CCCO2)CCCC3)n1. The van der Waals surface area contributed by atoms with E-state index >= 15 is 0 Å². The zero-order valence-electron chi connectivity index (χ0n) is 17.3. The fourth-order valence-corrected chi connectivity index (χ4v) is 5.87. The summed E-state index contributed by atoms with van der Waals surface area (Å²) in [5, 5.41) is 7.15. The Kier molecular flexibility index (Phi) is 7.47. The molecule has 1 aliphatic heterocycles. The summed E-state index contributed by atoms with van der Waals surface area (Å²) in [5.74, 6) is 0.188. The van der Waals surface area contributed by atoms with Crippen LogP contribution in [0.25, 0.3) is 0 Å². The number of thiophene rings is 1. The number of anilines is 1. The van der Waals surface area contributed by atoms with Crippen LogP contribution in [0.15, 0.2) is 11.4 Å². The van der Waals surface area contributed by atoms with Gasteiger partial charge < -0.3 is 15.4 Å². The zero-order chi connectivity index (χ0) is 21.8. The first-order chi connectivity index (χ1) is 15.1. The number of fused-ring (bicyclic) bond motifs is 1. The maximum atomic E-state index is 13.1. The summed E-state index contributed by atoms with van der Waals surface area (Å²) in [6.07, 6.45) is 7.38. The van der Waals surface area contributed by atoms with Crippen LogP contribution in [0.2, 0.25) is 5.02 Å². The van der Waals surface area contributed by atoms with E-state index in [-0.39, 0.29) is 22.7 Å². The van der Waals surface area contributed by atoms with E-state index in [4.69, 9.17) is 16.3 Å². The molecule has 0 bridgehead atoms. The Bertz CT molecular complexity index is 976. The first-order valence-electron chi connectivity index (χ1n) is 10.6. The fourth-order valence-electron chi connectivity index (χ4n) is 3.87. The molecule has 0 unspecified atom stereocenters. The number of nitrogens with zero attached hydrogens (tertiary/aromatic N) is 2. The molecule has 0 aromatic carbocycles. The van der Waals surface area contributed by atoms with Crippen molar-refractivity contribution < 1.29 is 14.3 Å². The Balaban J connectivity index is 1.57. The molecule has 0 radical (unpaired) electrons. The Morgan fingerprint density at radius 2 is 2.13 bits per heavy atom. The van der Waals surface area contributed by atoms with Crippen LogP contribution in [0.4, 0.5) is 5.00 Å². The summed E-state index contributed by atoms with van der Waals surface area (Å²) in [6, 6.07) is 0. The van der Waals surface area contributed by atoms with Crippen molar-refractivity contribution >= 4 is 51.5 Å². The highest BCUT2D eigenvalue weighted by molar-refractivity contribution is 7.99. The van der Waals surface area contributed by atoms with Gasteiger partial charge in [-0.3, -0.25) is 9.59 Å². The number of ether oxygens (including phenoxy) is 1. The van der Waals surface area contributed by atoms with Crippen LogP contribution >= 0.6 is 34.7 Å². The van der Waals surface area contributed by atoms with E-state index in [2.05, 4.69) is 20.6 Å². The minimum absolute atomic E-state index is 0.0609. The van der Waals surface area contributed by atoms with Gasteiger partial charge in [0.1, 0.15) is 5.00 Å². The van der Waals surface area contributed by atoms with E-state index in [1.807, 2.05) is 6.92 Å². The maximum Gasteiger partial charge on any atom is 0.276 e. The van der Waals surface area contributed by atoms with Crippen LogP contribution in [0.3, 0.4) is 0 Å². The van der Waals surface area contributed by atoms with Crippen molar-refractivity contribution in [2.45, 2.75) is 56.7 Å². The van der Waals surface area contributed by atoms with Gasteiger partial charge in [0.15, 0.2) is 10.9 Å². The average molecular weight is 481 g/mol. The van der Waals surface area contributed by atoms with Crippen LogP contribution in [0.5, 0.6) is 0 Å². The molecule has 1 fully saturated rings. The van der Waals surface area contributed by atoms with Crippen molar-refractivity contribution in [3.05, 3.63) is 32.9 Å². The predicted molar refractivity (Wildman–Crippen MR) is 124 cm³/mol. The van der Waals surface area contributed by atoms with E-state index in [0.29, 0.717) is 22.3 Å². The normalized spacial score (nSPS) is 17.9. The quantitative estimate of drug-likeness (QED) is 0.452. The van der Waals surface area contributed by atoms with Crippen molar-refractivity contribution in [3.63, 3.8) is 0 Å². The predicted octanol–water partition coefficient (Wildman–Crippen LogP) is 4.34. The van der Waals surface area contributed by atoms with Gasteiger partial charge in [0.25, 0.3) is 11.8 Å². The minimum atomic E-state index is -0.433. The largest absolute Gasteiger partial charge is 0.376 e. The number of rotatable bonds is 7. The summed E-state index contributed by atoms with van der Waals surface area (Å²) in [7, 11) is 0. The average Bonchev–Trinajstić information content (AvgIpc) is 3.41. The highest BCUT2D eigenvalue weighted by Gasteiger charge is 2.28. The smallest absolute Gasteiger partial charge is 0.276 e. The number of aromatic nitrogens is 2. The Hall–Kier alpha value is -1.68. The summed E-state index contributed by atoms with van der Waals surface area (Å²) in [4.78, 5) is 35.7. The van der Waals surface area contributed by atoms with Crippen LogP contribution in [-0.4, -0.2) is 46.8 Å². The number of aryl methyl sites for hydroxylation is 1. The molecule has 7 nitrogen and oxygen atoms in total. The molecule has 31 heavy (non-hydrogen) atoms. The summed E-state index contributed by atoms with van der Waals surface area (Å²) < 4.78 is 5.62. The Morgan fingerprint density at radius 1 is 1.29 bits per heavy atom. The Morgan fingerprint density at radius 3 is 2.90 bits per heavy atom. The monoisotopic (exact) mass is 480 g/mol. The van der Waals surface area contributed by atoms with Gasteiger partial charge in [-0.25, -0.2) is 9.97 Å². The Labute approximate surface area is 194 Å². The molecule has 166 valence electrons. The molecule has 1 aliphatic carbocycles. The van der Waals surface area contributed by atoms with Gasteiger partial charge in [0, 0.05) is 18.0 Å². The summed E-state index contributed by atoms with van der Waals surface area (Å²) in [5.41, 5.74) is 1.73. The number of thioether (sulfide) groups is 1. The molecule has 2 N–H and O–H groups in total. The molecule has 1 atom stereocenters. The van der Waals surface area contributed by atoms with Gasteiger partial charge in [-0.05, 0) is 49.8 Å². The van der Waals surface area contributed by atoms with E-state index in [1.54, 1.807) is 0 Å². The second kappa shape index (κ2) is 10.3. The first kappa shape index (κ1) is 22.5. The van der Waals surface area contributed by atoms with Gasteiger partial charge in [0.05, 0.1) is 22.9 Å². The third-order valence-electron chi connectivity index (χ3n) is 5.35. The third-order valence-corrected chi connectivity index (χ3v) is 7.58. The maximum absolute atomic E-state index is 13.1. The minimum Gasteiger partial charge on any atom is -0.376 e. The molecule has 0 spiro atoms. The molecule has 3 heterocycles. The molecular weight excluding hydrogens is 456 g/mol. The van der Waals surface area contributed by atoms with Crippen LogP contribution < -0.4 is 10.6 Å². The number of carbonyl (C=O) groups excluding carboxylic acids is 2. The van der Waals surface area contributed by atoms with Crippen molar-refractivity contribution in [3.8, 4) is 0 Å². The number of hydrogen-bond donors (Lipinski definition) is 2. The van der Waals surface area contributed by atoms with Crippen LogP contribution in [0.1, 0.15) is 63.9 Å². The number of nitrogens with one attached hydrogen (secondary N) is 2. The highest BCUT2D eigenvalue weighted by Crippen LogP contribution is 2.38. The third kappa shape index (κ3) is 5.22. The second-order valence-corrected chi connectivity index (χ2v) is 10.2. The van der Waals surface area contributed by atoms with Gasteiger partial charge in [-0.2, -0.15) is 0 Å². The van der Waals surface area contributed by atoms with Crippen molar-refractivity contribution in [1.82, 2.24) is 15.3 Å². The standard InChI is InChI=1S/C21H25ClN4O3S2/c1-2-30-21-24-11-14(22)17(25-21)19(28)26-20-16(13-7-3-4-8-15(13)31-20)18(27)23-10-12-6-5-9-29-12/h11-12H,2-10H2,1H3,(H,23,27)(H,26,28)/t12-/m0/s1. The van der Waals surface area contributed by atoms with Gasteiger partial charge in [-0.1, -0.05) is 30.3 Å². The van der Waals surface area contributed by atoms with Gasteiger partial charge >= 0.3 is 0 Å². The molecule has 0 saturated carbocycles. The summed E-state index contributed by atoms with van der Waals surface area (Å²) in [6.45, 7) is 3.21. The van der Waals surface area contributed by atoms with Crippen molar-refractivity contribution in [2.24, 2.45) is 0 Å². The molecule has 4 rings (SSSR count). The number of halogens is 1. The molecule has 2 amide bonds. The second-order valence-electron chi connectivity index (χ2n) is 7.50. The lowest BCUT2D eigenvalue weighted by Crippen LogP contribution is -2.32. The van der Waals surface area contributed by atoms with E-state index < -0.39 is 5.91 Å². The molecule has 2 aromatic rings. The lowest BCUT2D eigenvalue weighted by molar-refractivity contribution is 0.0858. The van der Waals surface area contributed by atoms with Crippen molar-refractivity contribution in [2.75, 3.05) is 24.2 Å². The zero-order valence-corrected chi connectivity index (χ0v) is 19.7. The van der Waals surface area contributed by atoms with E-state index in [9.17, 15) is 9.59 Å². The first-order valence-corrected chi connectivity index (χ1v) is 12.8.